The van der Waals surface area contributed by atoms with Gasteiger partial charge in [0.05, 0.1) is 0 Å². The maximum Gasteiger partial charge on any atom is -0.0353 e. The molecule has 0 N–H and O–H groups in total. The Morgan fingerprint density at radius 3 is 1.11 bits per heavy atom. The second-order valence-electron chi connectivity index (χ2n) is 5.23. The molecule has 0 unspecified atom stereocenters. The van der Waals surface area contributed by atoms with E-state index in [1.807, 2.05) is 12.2 Å². The van der Waals surface area contributed by atoms with Crippen molar-refractivity contribution in [2.45, 2.75) is 88.5 Å². The fourth-order valence-corrected chi connectivity index (χ4v) is 1.34. The molecule has 0 aromatic carbocycles. The molecular formula is C19H44. The van der Waals surface area contributed by atoms with E-state index in [1.54, 1.807) is 0 Å². The highest BCUT2D eigenvalue weighted by atomic mass is 14.0. The summed E-state index contributed by atoms with van der Waals surface area (Å²) in [5, 5.41) is 0. The second kappa shape index (κ2) is 26.1. The molecule has 0 heteroatoms. The smallest absolute Gasteiger partial charge is 0.0353 e. The van der Waals surface area contributed by atoms with E-state index >= 15 is 0 Å². The van der Waals surface area contributed by atoms with E-state index in [1.165, 1.54) is 38.5 Å². The summed E-state index contributed by atoms with van der Waals surface area (Å²) in [6.45, 7) is 16.3. The van der Waals surface area contributed by atoms with Crippen LogP contribution in [-0.2, 0) is 0 Å². The van der Waals surface area contributed by atoms with Gasteiger partial charge < -0.3 is 0 Å². The largest absolute Gasteiger partial charge is 0.103 e. The minimum absolute atomic E-state index is 0. The quantitative estimate of drug-likeness (QED) is 0.311. The summed E-state index contributed by atoms with van der Waals surface area (Å²) in [4.78, 5) is 0. The van der Waals surface area contributed by atoms with Crippen LogP contribution >= 0.6 is 0 Å². The van der Waals surface area contributed by atoms with Crippen LogP contribution in [0.2, 0.25) is 0 Å². The SMILES string of the molecule is C.C.C.C=CCCCC(C)C.C=CCCCC(C)C. The van der Waals surface area contributed by atoms with Gasteiger partial charge in [0.15, 0.2) is 0 Å². The van der Waals surface area contributed by atoms with Gasteiger partial charge >= 0.3 is 0 Å². The van der Waals surface area contributed by atoms with Gasteiger partial charge in [0.2, 0.25) is 0 Å². The van der Waals surface area contributed by atoms with Crippen LogP contribution in [0.5, 0.6) is 0 Å². The molecule has 0 radical (unpaired) electrons. The van der Waals surface area contributed by atoms with Crippen molar-refractivity contribution < 1.29 is 0 Å². The summed E-state index contributed by atoms with van der Waals surface area (Å²) in [6.07, 6.45) is 11.6. The topological polar surface area (TPSA) is 0 Å². The molecule has 0 bridgehead atoms. The second-order valence-corrected chi connectivity index (χ2v) is 5.23. The summed E-state index contributed by atoms with van der Waals surface area (Å²) in [6, 6.07) is 0. The average molecular weight is 273 g/mol. The van der Waals surface area contributed by atoms with E-state index in [9.17, 15) is 0 Å². The summed E-state index contributed by atoms with van der Waals surface area (Å²) in [5.74, 6) is 1.71. The first-order chi connectivity index (χ1) is 7.54. The zero-order valence-electron chi connectivity index (χ0n) is 12.0. The van der Waals surface area contributed by atoms with Gasteiger partial charge in [-0.3, -0.25) is 0 Å². The van der Waals surface area contributed by atoms with Crippen LogP contribution in [0.3, 0.4) is 0 Å². The monoisotopic (exact) mass is 272 g/mol. The Hall–Kier alpha value is -0.520. The third kappa shape index (κ3) is 46.6. The third-order valence-electron chi connectivity index (χ3n) is 2.38. The predicted molar refractivity (Wildman–Crippen MR) is 98.0 cm³/mol. The molecule has 0 saturated carbocycles. The molecule has 0 nitrogen and oxygen atoms in total. The molecule has 0 aromatic heterocycles. The third-order valence-corrected chi connectivity index (χ3v) is 2.38. The molecule has 0 saturated heterocycles. The van der Waals surface area contributed by atoms with Gasteiger partial charge in [-0.15, -0.1) is 13.2 Å². The Morgan fingerprint density at radius 2 is 0.947 bits per heavy atom. The number of hydrogen-bond acceptors (Lipinski definition) is 0. The van der Waals surface area contributed by atoms with Crippen molar-refractivity contribution in [3.05, 3.63) is 25.3 Å². The standard InChI is InChI=1S/2C8H16.3CH4/c2*1-4-5-6-7-8(2)3;;;/h2*4,8H,1,5-7H2,2-3H3;3*1H4. The summed E-state index contributed by atoms with van der Waals surface area (Å²) in [5.41, 5.74) is 0. The normalized spacial score (nSPS) is 8.32. The van der Waals surface area contributed by atoms with E-state index in [4.69, 9.17) is 0 Å². The van der Waals surface area contributed by atoms with Crippen molar-refractivity contribution in [3.8, 4) is 0 Å². The maximum absolute atomic E-state index is 3.66. The van der Waals surface area contributed by atoms with Gasteiger partial charge in [0.1, 0.15) is 0 Å². The molecule has 19 heavy (non-hydrogen) atoms. The lowest BCUT2D eigenvalue weighted by atomic mass is 10.1. The Labute approximate surface area is 126 Å². The lowest BCUT2D eigenvalue weighted by Gasteiger charge is -1.99. The van der Waals surface area contributed by atoms with Crippen LogP contribution in [0, 0.1) is 11.8 Å². The summed E-state index contributed by atoms with van der Waals surface area (Å²) in [7, 11) is 0. The Kier molecular flexibility index (Phi) is 42.7. The first-order valence-electron chi connectivity index (χ1n) is 6.76. The van der Waals surface area contributed by atoms with Crippen molar-refractivity contribution in [1.82, 2.24) is 0 Å². The molecule has 0 spiro atoms. The van der Waals surface area contributed by atoms with Gasteiger partial charge in [-0.25, -0.2) is 0 Å². The molecule has 120 valence electrons. The minimum atomic E-state index is 0. The van der Waals surface area contributed by atoms with Gasteiger partial charge in [-0.2, -0.15) is 0 Å². The van der Waals surface area contributed by atoms with Crippen LogP contribution in [0.4, 0.5) is 0 Å². The molecule has 0 rings (SSSR count). The molecule has 0 aromatic rings. The van der Waals surface area contributed by atoms with Crippen LogP contribution in [-0.4, -0.2) is 0 Å². The van der Waals surface area contributed by atoms with Gasteiger partial charge in [0, 0.05) is 0 Å². The van der Waals surface area contributed by atoms with Crippen molar-refractivity contribution in [1.29, 1.82) is 0 Å². The number of unbranched alkanes of at least 4 members (excludes halogenated alkanes) is 2. The molecule has 0 aliphatic rings. The lowest BCUT2D eigenvalue weighted by Crippen LogP contribution is -1.84. The fraction of sp³-hybridized carbons (Fsp3) is 0.789. The minimum Gasteiger partial charge on any atom is -0.103 e. The number of allylic oxidation sites excluding steroid dienone is 2. The zero-order chi connectivity index (χ0) is 12.8. The number of rotatable bonds is 8. The molecule has 0 fully saturated rings. The van der Waals surface area contributed by atoms with Crippen LogP contribution in [0.25, 0.3) is 0 Å². The van der Waals surface area contributed by atoms with E-state index in [0.29, 0.717) is 0 Å². The van der Waals surface area contributed by atoms with Crippen molar-refractivity contribution in [3.63, 3.8) is 0 Å². The lowest BCUT2D eigenvalue weighted by molar-refractivity contribution is 0.560. The molecular weight excluding hydrogens is 228 g/mol. The molecule has 0 aliphatic carbocycles. The average Bonchev–Trinajstić information content (AvgIpc) is 2.18. The van der Waals surface area contributed by atoms with Crippen molar-refractivity contribution in [2.75, 3.05) is 0 Å². The highest BCUT2D eigenvalue weighted by molar-refractivity contribution is 4.66. The van der Waals surface area contributed by atoms with Gasteiger partial charge in [0.25, 0.3) is 0 Å². The Balaban J connectivity index is -0.0000000594. The van der Waals surface area contributed by atoms with E-state index in [0.717, 1.165) is 11.8 Å². The van der Waals surface area contributed by atoms with E-state index in [2.05, 4.69) is 40.9 Å². The van der Waals surface area contributed by atoms with E-state index in [-0.39, 0.29) is 22.3 Å². The number of hydrogen-bond donors (Lipinski definition) is 0. The van der Waals surface area contributed by atoms with Crippen LogP contribution < -0.4 is 0 Å². The summed E-state index contributed by atoms with van der Waals surface area (Å²) >= 11 is 0. The van der Waals surface area contributed by atoms with Crippen molar-refractivity contribution >= 4 is 0 Å². The molecule has 0 heterocycles. The highest BCUT2D eigenvalue weighted by Crippen LogP contribution is 2.05. The Morgan fingerprint density at radius 1 is 0.684 bits per heavy atom. The highest BCUT2D eigenvalue weighted by Gasteiger charge is 1.90. The van der Waals surface area contributed by atoms with Crippen LogP contribution in [0.1, 0.15) is 88.5 Å². The maximum atomic E-state index is 3.66. The van der Waals surface area contributed by atoms with Crippen molar-refractivity contribution in [2.24, 2.45) is 11.8 Å². The first kappa shape index (κ1) is 31.1. The fourth-order valence-electron chi connectivity index (χ4n) is 1.34. The molecule has 0 amide bonds. The Bertz CT molecular complexity index is 124. The first-order valence-corrected chi connectivity index (χ1v) is 6.76. The predicted octanol–water partition coefficient (Wildman–Crippen LogP) is 7.91. The van der Waals surface area contributed by atoms with Gasteiger partial charge in [-0.05, 0) is 37.5 Å². The summed E-state index contributed by atoms with van der Waals surface area (Å²) < 4.78 is 0. The molecule has 0 aliphatic heterocycles. The van der Waals surface area contributed by atoms with Gasteiger partial charge in [-0.1, -0.05) is 75.0 Å². The van der Waals surface area contributed by atoms with Crippen LogP contribution in [0.15, 0.2) is 25.3 Å². The molecule has 0 atom stereocenters. The zero-order valence-corrected chi connectivity index (χ0v) is 12.0. The van der Waals surface area contributed by atoms with E-state index < -0.39 is 0 Å².